The molecular formula is C14H23N3O3. The van der Waals surface area contributed by atoms with E-state index in [1.807, 2.05) is 4.90 Å². The van der Waals surface area contributed by atoms with Crippen molar-refractivity contribution in [3.8, 4) is 0 Å². The van der Waals surface area contributed by atoms with Gasteiger partial charge in [-0.25, -0.2) is 0 Å². The zero-order chi connectivity index (χ0) is 14.4. The van der Waals surface area contributed by atoms with Gasteiger partial charge in [0.1, 0.15) is 0 Å². The van der Waals surface area contributed by atoms with Crippen LogP contribution in [0.15, 0.2) is 4.52 Å². The van der Waals surface area contributed by atoms with Crippen LogP contribution in [0.5, 0.6) is 0 Å². The first-order valence-corrected chi connectivity index (χ1v) is 7.43. The van der Waals surface area contributed by atoms with E-state index in [4.69, 9.17) is 9.26 Å². The van der Waals surface area contributed by atoms with Gasteiger partial charge in [-0.2, -0.15) is 4.98 Å². The zero-order valence-corrected chi connectivity index (χ0v) is 12.3. The second-order valence-electron chi connectivity index (χ2n) is 5.10. The monoisotopic (exact) mass is 281 g/mol. The summed E-state index contributed by atoms with van der Waals surface area (Å²) in [5.41, 5.74) is 0. The van der Waals surface area contributed by atoms with Crippen molar-refractivity contribution in [2.75, 3.05) is 19.7 Å². The third kappa shape index (κ3) is 4.03. The van der Waals surface area contributed by atoms with Gasteiger partial charge in [-0.3, -0.25) is 4.79 Å². The molecule has 0 aliphatic carbocycles. The van der Waals surface area contributed by atoms with Crippen molar-refractivity contribution < 1.29 is 14.1 Å². The Morgan fingerprint density at radius 1 is 1.40 bits per heavy atom. The maximum atomic E-state index is 12.1. The molecule has 0 radical (unpaired) electrons. The fourth-order valence-corrected chi connectivity index (χ4v) is 2.28. The van der Waals surface area contributed by atoms with Crippen LogP contribution >= 0.6 is 0 Å². The van der Waals surface area contributed by atoms with E-state index in [1.54, 1.807) is 0 Å². The average Bonchev–Trinajstić information content (AvgIpc) is 2.93. The van der Waals surface area contributed by atoms with Gasteiger partial charge in [-0.05, 0) is 12.8 Å². The van der Waals surface area contributed by atoms with Gasteiger partial charge in [0, 0.05) is 32.4 Å². The molecular weight excluding hydrogens is 258 g/mol. The molecule has 1 fully saturated rings. The number of hydrogen-bond acceptors (Lipinski definition) is 5. The molecule has 6 nitrogen and oxygen atoms in total. The average molecular weight is 281 g/mol. The molecule has 1 amide bonds. The van der Waals surface area contributed by atoms with Crippen LogP contribution in [0.4, 0.5) is 0 Å². The first kappa shape index (κ1) is 15.0. The highest BCUT2D eigenvalue weighted by Crippen LogP contribution is 2.11. The SMILES string of the molecule is CCCc1noc(CCC(=O)N2CCO[C@@H](CC)C2)n1. The van der Waals surface area contributed by atoms with Gasteiger partial charge in [0.05, 0.1) is 12.7 Å². The van der Waals surface area contributed by atoms with E-state index < -0.39 is 0 Å². The molecule has 2 rings (SSSR count). The molecule has 1 aliphatic rings. The number of aryl methyl sites for hydroxylation is 2. The summed E-state index contributed by atoms with van der Waals surface area (Å²) in [6, 6.07) is 0. The van der Waals surface area contributed by atoms with Crippen LogP contribution in [0.3, 0.4) is 0 Å². The molecule has 1 atom stereocenters. The van der Waals surface area contributed by atoms with Crippen molar-refractivity contribution in [3.05, 3.63) is 11.7 Å². The molecule has 0 aromatic carbocycles. The normalized spacial score (nSPS) is 19.3. The summed E-state index contributed by atoms with van der Waals surface area (Å²) in [7, 11) is 0. The van der Waals surface area contributed by atoms with E-state index in [2.05, 4.69) is 24.0 Å². The highest BCUT2D eigenvalue weighted by atomic mass is 16.5. The summed E-state index contributed by atoms with van der Waals surface area (Å²) < 4.78 is 10.7. The molecule has 0 spiro atoms. The van der Waals surface area contributed by atoms with Crippen LogP contribution in [-0.4, -0.2) is 46.7 Å². The Labute approximate surface area is 119 Å². The highest BCUT2D eigenvalue weighted by Gasteiger charge is 2.23. The quantitative estimate of drug-likeness (QED) is 0.792. The number of ether oxygens (including phenoxy) is 1. The molecule has 0 unspecified atom stereocenters. The number of carbonyl (C=O) groups is 1. The molecule has 112 valence electrons. The Morgan fingerprint density at radius 3 is 3.00 bits per heavy atom. The number of rotatable bonds is 6. The Kier molecular flexibility index (Phi) is 5.52. The minimum absolute atomic E-state index is 0.141. The first-order chi connectivity index (χ1) is 9.72. The molecule has 0 saturated carbocycles. The fraction of sp³-hybridized carbons (Fsp3) is 0.786. The van der Waals surface area contributed by atoms with Gasteiger partial charge in [-0.1, -0.05) is 19.0 Å². The lowest BCUT2D eigenvalue weighted by molar-refractivity contribution is -0.138. The maximum absolute atomic E-state index is 12.1. The predicted octanol–water partition coefficient (Wildman–Crippen LogP) is 1.59. The van der Waals surface area contributed by atoms with Gasteiger partial charge in [-0.15, -0.1) is 0 Å². The second kappa shape index (κ2) is 7.38. The molecule has 1 saturated heterocycles. The van der Waals surface area contributed by atoms with Crippen LogP contribution in [0.25, 0.3) is 0 Å². The second-order valence-corrected chi connectivity index (χ2v) is 5.10. The lowest BCUT2D eigenvalue weighted by Gasteiger charge is -2.32. The van der Waals surface area contributed by atoms with Crippen LogP contribution in [-0.2, 0) is 22.4 Å². The molecule has 6 heteroatoms. The van der Waals surface area contributed by atoms with Crippen molar-refractivity contribution in [2.24, 2.45) is 0 Å². The third-order valence-corrected chi connectivity index (χ3v) is 3.48. The Hall–Kier alpha value is -1.43. The zero-order valence-electron chi connectivity index (χ0n) is 12.3. The largest absolute Gasteiger partial charge is 0.375 e. The van der Waals surface area contributed by atoms with Crippen LogP contribution in [0, 0.1) is 0 Å². The topological polar surface area (TPSA) is 68.5 Å². The van der Waals surface area contributed by atoms with E-state index >= 15 is 0 Å². The third-order valence-electron chi connectivity index (χ3n) is 3.48. The Bertz CT molecular complexity index is 433. The van der Waals surface area contributed by atoms with Crippen LogP contribution < -0.4 is 0 Å². The van der Waals surface area contributed by atoms with Crippen LogP contribution in [0.1, 0.15) is 44.8 Å². The minimum atomic E-state index is 0.141. The molecule has 1 aliphatic heterocycles. The molecule has 0 bridgehead atoms. The number of hydrogen-bond donors (Lipinski definition) is 0. The smallest absolute Gasteiger partial charge is 0.227 e. The van der Waals surface area contributed by atoms with Crippen LogP contribution in [0.2, 0.25) is 0 Å². The van der Waals surface area contributed by atoms with Crippen molar-refractivity contribution in [1.82, 2.24) is 15.0 Å². The van der Waals surface area contributed by atoms with Gasteiger partial charge in [0.2, 0.25) is 11.8 Å². The summed E-state index contributed by atoms with van der Waals surface area (Å²) in [6.07, 6.45) is 3.86. The maximum Gasteiger partial charge on any atom is 0.227 e. The molecule has 0 N–H and O–H groups in total. The van der Waals surface area contributed by atoms with Gasteiger partial charge in [0.25, 0.3) is 0 Å². The molecule has 2 heterocycles. The summed E-state index contributed by atoms with van der Waals surface area (Å²) in [4.78, 5) is 18.3. The van der Waals surface area contributed by atoms with E-state index in [0.717, 1.165) is 25.1 Å². The van der Waals surface area contributed by atoms with Gasteiger partial charge < -0.3 is 14.2 Å². The van der Waals surface area contributed by atoms with E-state index in [0.29, 0.717) is 38.4 Å². The van der Waals surface area contributed by atoms with Crippen molar-refractivity contribution in [3.63, 3.8) is 0 Å². The Balaban J connectivity index is 1.79. The van der Waals surface area contributed by atoms with E-state index in [1.165, 1.54) is 0 Å². The lowest BCUT2D eigenvalue weighted by atomic mass is 10.2. The lowest BCUT2D eigenvalue weighted by Crippen LogP contribution is -2.45. The standard InChI is InChI=1S/C14H23N3O3/c1-3-5-12-15-13(20-16-12)6-7-14(18)17-8-9-19-11(4-2)10-17/h11H,3-10H2,1-2H3/t11-/m0/s1. The van der Waals surface area contributed by atoms with E-state index in [9.17, 15) is 4.79 Å². The number of aromatic nitrogens is 2. The highest BCUT2D eigenvalue weighted by molar-refractivity contribution is 5.76. The number of carbonyl (C=O) groups excluding carboxylic acids is 1. The molecule has 1 aromatic rings. The summed E-state index contributed by atoms with van der Waals surface area (Å²) >= 11 is 0. The van der Waals surface area contributed by atoms with E-state index in [-0.39, 0.29) is 12.0 Å². The summed E-state index contributed by atoms with van der Waals surface area (Å²) in [5.74, 6) is 1.43. The molecule has 1 aromatic heterocycles. The van der Waals surface area contributed by atoms with Gasteiger partial charge in [0.15, 0.2) is 5.82 Å². The van der Waals surface area contributed by atoms with Crippen molar-refractivity contribution in [1.29, 1.82) is 0 Å². The predicted molar refractivity (Wildman–Crippen MR) is 73.2 cm³/mol. The number of amides is 1. The summed E-state index contributed by atoms with van der Waals surface area (Å²) in [6.45, 7) is 6.15. The number of morpholine rings is 1. The van der Waals surface area contributed by atoms with Gasteiger partial charge >= 0.3 is 0 Å². The fourth-order valence-electron chi connectivity index (χ4n) is 2.28. The Morgan fingerprint density at radius 2 is 2.25 bits per heavy atom. The summed E-state index contributed by atoms with van der Waals surface area (Å²) in [5, 5.41) is 3.89. The van der Waals surface area contributed by atoms with Crippen molar-refractivity contribution >= 4 is 5.91 Å². The van der Waals surface area contributed by atoms with Crippen molar-refractivity contribution in [2.45, 2.75) is 52.1 Å². The number of nitrogens with zero attached hydrogens (tertiary/aromatic N) is 3. The minimum Gasteiger partial charge on any atom is -0.375 e. The first-order valence-electron chi connectivity index (χ1n) is 7.43. The molecule has 20 heavy (non-hydrogen) atoms.